The van der Waals surface area contributed by atoms with E-state index in [1.807, 2.05) is 17.1 Å². The molecule has 0 radical (unpaired) electrons. The average Bonchev–Trinajstić information content (AvgIpc) is 2.84. The van der Waals surface area contributed by atoms with Crippen LogP contribution < -0.4 is 4.90 Å². The van der Waals surface area contributed by atoms with E-state index < -0.39 is 0 Å². The Morgan fingerprint density at radius 2 is 2.50 bits per heavy atom. The summed E-state index contributed by atoms with van der Waals surface area (Å²) in [6, 6.07) is 0. The van der Waals surface area contributed by atoms with Crippen molar-refractivity contribution in [1.29, 1.82) is 0 Å². The van der Waals surface area contributed by atoms with Gasteiger partial charge in [0, 0.05) is 35.9 Å². The second-order valence-corrected chi connectivity index (χ2v) is 6.71. The predicted molar refractivity (Wildman–Crippen MR) is 76.6 cm³/mol. The van der Waals surface area contributed by atoms with Crippen LogP contribution >= 0.6 is 23.1 Å². The number of aryl methyl sites for hydroxylation is 1. The van der Waals surface area contributed by atoms with Crippen LogP contribution in [0.15, 0.2) is 5.38 Å². The monoisotopic (exact) mass is 286 g/mol. The smallest absolute Gasteiger partial charge is 0.305 e. The maximum Gasteiger partial charge on any atom is 0.305 e. The number of esters is 1. The molecule has 1 unspecified atom stereocenters. The maximum absolute atomic E-state index is 11.1. The van der Waals surface area contributed by atoms with Crippen LogP contribution in [0.25, 0.3) is 0 Å². The summed E-state index contributed by atoms with van der Waals surface area (Å²) < 4.78 is 4.63. The molecule has 0 aromatic carbocycles. The number of thioether (sulfide) groups is 1. The van der Waals surface area contributed by atoms with Crippen LogP contribution in [-0.2, 0) is 16.0 Å². The molecule has 0 spiro atoms. The van der Waals surface area contributed by atoms with Crippen molar-refractivity contribution in [3.05, 3.63) is 11.1 Å². The first-order valence-corrected chi connectivity index (χ1v) is 7.99. The number of rotatable bonds is 4. The minimum absolute atomic E-state index is 0.174. The molecule has 0 saturated carbocycles. The van der Waals surface area contributed by atoms with Gasteiger partial charge in [0.15, 0.2) is 5.13 Å². The zero-order valence-corrected chi connectivity index (χ0v) is 12.4. The lowest BCUT2D eigenvalue weighted by atomic mass is 10.2. The SMILES string of the molecule is COC(=O)CCc1csc(N2CCSC(C)C2)n1. The molecule has 1 fully saturated rings. The van der Waals surface area contributed by atoms with Gasteiger partial charge in [-0.3, -0.25) is 4.79 Å². The summed E-state index contributed by atoms with van der Waals surface area (Å²) in [6.07, 6.45) is 1.08. The third kappa shape index (κ3) is 3.62. The molecule has 1 aromatic rings. The van der Waals surface area contributed by atoms with Gasteiger partial charge < -0.3 is 9.64 Å². The predicted octanol–water partition coefficient (Wildman–Crippen LogP) is 2.19. The molecule has 0 N–H and O–H groups in total. The van der Waals surface area contributed by atoms with Crippen molar-refractivity contribution in [3.8, 4) is 0 Å². The third-order valence-corrected chi connectivity index (χ3v) is 4.95. The van der Waals surface area contributed by atoms with E-state index in [0.29, 0.717) is 18.1 Å². The van der Waals surface area contributed by atoms with Crippen LogP contribution in [0.1, 0.15) is 19.0 Å². The van der Waals surface area contributed by atoms with E-state index in [1.165, 1.54) is 7.11 Å². The van der Waals surface area contributed by atoms with Gasteiger partial charge in [-0.2, -0.15) is 11.8 Å². The van der Waals surface area contributed by atoms with E-state index in [-0.39, 0.29) is 5.97 Å². The van der Waals surface area contributed by atoms with Crippen molar-refractivity contribution < 1.29 is 9.53 Å². The van der Waals surface area contributed by atoms with Gasteiger partial charge in [-0.05, 0) is 0 Å². The van der Waals surface area contributed by atoms with E-state index in [0.717, 1.165) is 29.7 Å². The Morgan fingerprint density at radius 3 is 3.22 bits per heavy atom. The van der Waals surface area contributed by atoms with Crippen molar-refractivity contribution in [2.24, 2.45) is 0 Å². The lowest BCUT2D eigenvalue weighted by Gasteiger charge is -2.30. The number of carbonyl (C=O) groups is 1. The fraction of sp³-hybridized carbons (Fsp3) is 0.667. The molecule has 2 rings (SSSR count). The fourth-order valence-corrected chi connectivity index (χ4v) is 3.79. The summed E-state index contributed by atoms with van der Waals surface area (Å²) >= 11 is 3.69. The highest BCUT2D eigenvalue weighted by atomic mass is 32.2. The minimum atomic E-state index is -0.174. The third-order valence-electron chi connectivity index (χ3n) is 2.86. The van der Waals surface area contributed by atoms with E-state index in [2.05, 4.69) is 21.5 Å². The molecule has 0 amide bonds. The van der Waals surface area contributed by atoms with Crippen LogP contribution in [0.4, 0.5) is 5.13 Å². The Hall–Kier alpha value is -0.750. The molecule has 1 aromatic heterocycles. The number of hydrogen-bond acceptors (Lipinski definition) is 6. The Balaban J connectivity index is 1.91. The van der Waals surface area contributed by atoms with E-state index in [9.17, 15) is 4.79 Å². The fourth-order valence-electron chi connectivity index (χ4n) is 1.88. The van der Waals surface area contributed by atoms with Crippen molar-refractivity contribution >= 4 is 34.2 Å². The molecular weight excluding hydrogens is 268 g/mol. The van der Waals surface area contributed by atoms with Crippen LogP contribution in [0, 0.1) is 0 Å². The van der Waals surface area contributed by atoms with Gasteiger partial charge in [-0.15, -0.1) is 11.3 Å². The Bertz CT molecular complexity index is 409. The number of methoxy groups -OCH3 is 1. The lowest BCUT2D eigenvalue weighted by molar-refractivity contribution is -0.140. The van der Waals surface area contributed by atoms with Crippen LogP contribution in [0.5, 0.6) is 0 Å². The molecule has 100 valence electrons. The van der Waals surface area contributed by atoms with Crippen molar-refractivity contribution in [3.63, 3.8) is 0 Å². The van der Waals surface area contributed by atoms with Crippen LogP contribution in [-0.4, -0.2) is 42.2 Å². The molecule has 1 aliphatic rings. The number of nitrogens with zero attached hydrogens (tertiary/aromatic N) is 2. The Kier molecular flexibility index (Phi) is 4.88. The lowest BCUT2D eigenvalue weighted by Crippen LogP contribution is -2.36. The highest BCUT2D eigenvalue weighted by Gasteiger charge is 2.19. The standard InChI is InChI=1S/C12H18N2O2S2/c1-9-7-14(5-6-17-9)12-13-10(8-18-12)3-4-11(15)16-2/h8-9H,3-7H2,1-2H3. The van der Waals surface area contributed by atoms with Crippen molar-refractivity contribution in [1.82, 2.24) is 4.98 Å². The molecule has 1 aliphatic heterocycles. The summed E-state index contributed by atoms with van der Waals surface area (Å²) in [4.78, 5) is 18.0. The van der Waals surface area contributed by atoms with Gasteiger partial charge in [-0.25, -0.2) is 4.98 Å². The summed E-state index contributed by atoms with van der Waals surface area (Å²) in [7, 11) is 1.42. The Labute approximate surface area is 116 Å². The zero-order chi connectivity index (χ0) is 13.0. The maximum atomic E-state index is 11.1. The second-order valence-electron chi connectivity index (χ2n) is 4.32. The van der Waals surface area contributed by atoms with Crippen LogP contribution in [0.2, 0.25) is 0 Å². The number of hydrogen-bond donors (Lipinski definition) is 0. The molecule has 18 heavy (non-hydrogen) atoms. The molecule has 6 heteroatoms. The number of ether oxygens (including phenoxy) is 1. The van der Waals surface area contributed by atoms with Gasteiger partial charge >= 0.3 is 5.97 Å². The van der Waals surface area contributed by atoms with Crippen molar-refractivity contribution in [2.45, 2.75) is 25.0 Å². The normalized spacial score (nSPS) is 19.9. The minimum Gasteiger partial charge on any atom is -0.469 e. The first kappa shape index (κ1) is 13.7. The number of aromatic nitrogens is 1. The molecule has 0 bridgehead atoms. The highest BCUT2D eigenvalue weighted by molar-refractivity contribution is 8.00. The summed E-state index contributed by atoms with van der Waals surface area (Å²) in [5.41, 5.74) is 0.992. The van der Waals surface area contributed by atoms with Crippen LogP contribution in [0.3, 0.4) is 0 Å². The largest absolute Gasteiger partial charge is 0.469 e. The van der Waals surface area contributed by atoms with E-state index in [1.54, 1.807) is 11.3 Å². The highest BCUT2D eigenvalue weighted by Crippen LogP contribution is 2.26. The van der Waals surface area contributed by atoms with Crippen molar-refractivity contribution in [2.75, 3.05) is 30.9 Å². The molecule has 0 aliphatic carbocycles. The number of carbonyl (C=O) groups excluding carboxylic acids is 1. The van der Waals surface area contributed by atoms with Gasteiger partial charge in [0.25, 0.3) is 0 Å². The molecule has 1 atom stereocenters. The van der Waals surface area contributed by atoms with Gasteiger partial charge in [0.05, 0.1) is 19.2 Å². The molecule has 1 saturated heterocycles. The average molecular weight is 286 g/mol. The summed E-state index contributed by atoms with van der Waals surface area (Å²) in [5.74, 6) is 0.991. The van der Waals surface area contributed by atoms with Gasteiger partial charge in [0.1, 0.15) is 0 Å². The Morgan fingerprint density at radius 1 is 1.67 bits per heavy atom. The molecule has 2 heterocycles. The van der Waals surface area contributed by atoms with Gasteiger partial charge in [-0.1, -0.05) is 6.92 Å². The number of thiazole rings is 1. The zero-order valence-electron chi connectivity index (χ0n) is 10.7. The molecule has 4 nitrogen and oxygen atoms in total. The number of anilines is 1. The second kappa shape index (κ2) is 6.43. The first-order valence-electron chi connectivity index (χ1n) is 6.07. The molecular formula is C12H18N2O2S2. The van der Waals surface area contributed by atoms with E-state index >= 15 is 0 Å². The van der Waals surface area contributed by atoms with E-state index in [4.69, 9.17) is 0 Å². The summed E-state index contributed by atoms with van der Waals surface area (Å²) in [5, 5.41) is 3.80. The summed E-state index contributed by atoms with van der Waals surface area (Å²) in [6.45, 7) is 4.39. The van der Waals surface area contributed by atoms with Gasteiger partial charge in [0.2, 0.25) is 0 Å². The topological polar surface area (TPSA) is 42.4 Å². The first-order chi connectivity index (χ1) is 8.69. The quantitative estimate of drug-likeness (QED) is 0.794.